The summed E-state index contributed by atoms with van der Waals surface area (Å²) in [6, 6.07) is 4.73. The first-order valence-electron chi connectivity index (χ1n) is 7.12. The van der Waals surface area contributed by atoms with Gasteiger partial charge in [-0.15, -0.1) is 0 Å². The van der Waals surface area contributed by atoms with Gasteiger partial charge in [-0.2, -0.15) is 0 Å². The molecule has 1 aliphatic rings. The summed E-state index contributed by atoms with van der Waals surface area (Å²) in [5, 5.41) is 9.12. The average Bonchev–Trinajstić information content (AvgIpc) is 2.36. The second-order valence-corrected chi connectivity index (χ2v) is 5.80. The van der Waals surface area contributed by atoms with Gasteiger partial charge in [0.2, 0.25) is 0 Å². The normalized spacial score (nSPS) is 24.1. The van der Waals surface area contributed by atoms with Crippen molar-refractivity contribution in [3.05, 3.63) is 29.6 Å². The maximum atomic E-state index is 13.2. The Morgan fingerprint density at radius 3 is 2.61 bits per heavy atom. The van der Waals surface area contributed by atoms with Crippen molar-refractivity contribution in [3.8, 4) is 5.75 Å². The molecule has 0 heterocycles. The molecule has 1 nitrogen and oxygen atoms in total. The number of halogens is 1. The number of hydrogen-bond acceptors (Lipinski definition) is 1. The number of benzene rings is 1. The van der Waals surface area contributed by atoms with Crippen molar-refractivity contribution in [2.24, 2.45) is 11.8 Å². The molecule has 0 unspecified atom stereocenters. The molecule has 2 heteroatoms. The number of rotatable bonds is 4. The molecule has 0 atom stereocenters. The van der Waals surface area contributed by atoms with Crippen LogP contribution in [0.15, 0.2) is 18.2 Å². The van der Waals surface area contributed by atoms with Crippen molar-refractivity contribution < 1.29 is 9.50 Å². The third kappa shape index (κ3) is 3.72. The summed E-state index contributed by atoms with van der Waals surface area (Å²) in [6.07, 6.45) is 8.79. The Morgan fingerprint density at radius 1 is 1.22 bits per heavy atom. The first-order valence-corrected chi connectivity index (χ1v) is 7.12. The number of aryl methyl sites for hydroxylation is 1. The predicted molar refractivity (Wildman–Crippen MR) is 72.1 cm³/mol. The van der Waals surface area contributed by atoms with Gasteiger partial charge in [0.05, 0.1) is 0 Å². The summed E-state index contributed by atoms with van der Waals surface area (Å²) < 4.78 is 13.2. The third-order valence-corrected chi connectivity index (χ3v) is 4.23. The molecule has 0 bridgehead atoms. The van der Waals surface area contributed by atoms with E-state index in [0.717, 1.165) is 30.2 Å². The van der Waals surface area contributed by atoms with Gasteiger partial charge >= 0.3 is 0 Å². The molecule has 0 radical (unpaired) electrons. The van der Waals surface area contributed by atoms with Gasteiger partial charge < -0.3 is 5.11 Å². The highest BCUT2D eigenvalue weighted by molar-refractivity contribution is 5.27. The van der Waals surface area contributed by atoms with E-state index in [1.54, 1.807) is 0 Å². The van der Waals surface area contributed by atoms with Crippen LogP contribution < -0.4 is 0 Å². The van der Waals surface area contributed by atoms with Gasteiger partial charge in [-0.25, -0.2) is 4.39 Å². The van der Waals surface area contributed by atoms with Crippen LogP contribution in [0.2, 0.25) is 0 Å². The Balaban J connectivity index is 1.73. The van der Waals surface area contributed by atoms with E-state index in [1.807, 2.05) is 6.07 Å². The fourth-order valence-electron chi connectivity index (χ4n) is 2.92. The van der Waals surface area contributed by atoms with Crippen molar-refractivity contribution in [2.75, 3.05) is 0 Å². The molecule has 1 saturated carbocycles. The summed E-state index contributed by atoms with van der Waals surface area (Å²) >= 11 is 0. The molecule has 0 amide bonds. The fraction of sp³-hybridized carbons (Fsp3) is 0.625. The standard InChI is InChI=1S/C16H23FO/c1-12-5-7-13(8-6-12)3-2-4-14-9-10-16(18)15(17)11-14/h9-13,18H,2-8H2,1H3. The summed E-state index contributed by atoms with van der Waals surface area (Å²) in [5.74, 6) is 1.04. The topological polar surface area (TPSA) is 20.2 Å². The van der Waals surface area contributed by atoms with E-state index in [4.69, 9.17) is 5.11 Å². The molecule has 18 heavy (non-hydrogen) atoms. The monoisotopic (exact) mass is 250 g/mol. The van der Waals surface area contributed by atoms with E-state index in [-0.39, 0.29) is 5.75 Å². The van der Waals surface area contributed by atoms with Crippen LogP contribution in [0, 0.1) is 17.7 Å². The van der Waals surface area contributed by atoms with E-state index < -0.39 is 5.82 Å². The molecular formula is C16H23FO. The van der Waals surface area contributed by atoms with Crippen molar-refractivity contribution >= 4 is 0 Å². The molecular weight excluding hydrogens is 227 g/mol. The van der Waals surface area contributed by atoms with E-state index in [9.17, 15) is 4.39 Å². The Labute approximate surface area is 109 Å². The Morgan fingerprint density at radius 2 is 1.94 bits per heavy atom. The molecule has 0 aromatic heterocycles. The lowest BCUT2D eigenvalue weighted by Crippen LogP contribution is -2.12. The minimum Gasteiger partial charge on any atom is -0.505 e. The van der Waals surface area contributed by atoms with Crippen LogP contribution in [-0.4, -0.2) is 5.11 Å². The Hall–Kier alpha value is -1.05. The molecule has 2 rings (SSSR count). The van der Waals surface area contributed by atoms with Gasteiger partial charge in [0.25, 0.3) is 0 Å². The quantitative estimate of drug-likeness (QED) is 0.822. The largest absolute Gasteiger partial charge is 0.505 e. The first kappa shape index (κ1) is 13.4. The zero-order valence-corrected chi connectivity index (χ0v) is 11.2. The van der Waals surface area contributed by atoms with Gasteiger partial charge in [-0.3, -0.25) is 0 Å². The van der Waals surface area contributed by atoms with E-state index >= 15 is 0 Å². The second-order valence-electron chi connectivity index (χ2n) is 5.80. The Bertz CT molecular complexity index is 381. The lowest BCUT2D eigenvalue weighted by atomic mass is 9.80. The molecule has 0 saturated heterocycles. The number of phenols is 1. The van der Waals surface area contributed by atoms with E-state index in [0.29, 0.717) is 0 Å². The van der Waals surface area contributed by atoms with Crippen molar-refractivity contribution in [1.29, 1.82) is 0 Å². The summed E-state index contributed by atoms with van der Waals surface area (Å²) in [6.45, 7) is 2.34. The summed E-state index contributed by atoms with van der Waals surface area (Å²) in [7, 11) is 0. The van der Waals surface area contributed by atoms with Crippen LogP contribution in [0.1, 0.15) is 51.0 Å². The molecule has 1 aromatic rings. The van der Waals surface area contributed by atoms with Crippen molar-refractivity contribution in [1.82, 2.24) is 0 Å². The highest BCUT2D eigenvalue weighted by Gasteiger charge is 2.17. The maximum Gasteiger partial charge on any atom is 0.165 e. The van der Waals surface area contributed by atoms with Gasteiger partial charge in [0.15, 0.2) is 11.6 Å². The second kappa shape index (κ2) is 6.21. The first-order chi connectivity index (χ1) is 8.65. The lowest BCUT2D eigenvalue weighted by molar-refractivity contribution is 0.273. The van der Waals surface area contributed by atoms with E-state index in [1.165, 1.54) is 44.2 Å². The molecule has 1 aliphatic carbocycles. The third-order valence-electron chi connectivity index (χ3n) is 4.23. The molecule has 1 aromatic carbocycles. The minimum atomic E-state index is -0.501. The fourth-order valence-corrected chi connectivity index (χ4v) is 2.92. The van der Waals surface area contributed by atoms with Gasteiger partial charge in [-0.1, -0.05) is 45.1 Å². The van der Waals surface area contributed by atoms with Gasteiger partial charge in [-0.05, 0) is 42.4 Å². The molecule has 0 aliphatic heterocycles. The zero-order chi connectivity index (χ0) is 13.0. The average molecular weight is 250 g/mol. The van der Waals surface area contributed by atoms with Crippen LogP contribution in [0.5, 0.6) is 5.75 Å². The van der Waals surface area contributed by atoms with Gasteiger partial charge in [0, 0.05) is 0 Å². The maximum absolute atomic E-state index is 13.2. The van der Waals surface area contributed by atoms with Crippen LogP contribution >= 0.6 is 0 Å². The predicted octanol–water partition coefficient (Wildman–Crippen LogP) is 4.68. The highest BCUT2D eigenvalue weighted by atomic mass is 19.1. The van der Waals surface area contributed by atoms with E-state index in [2.05, 4.69) is 6.92 Å². The molecule has 1 N–H and O–H groups in total. The number of aromatic hydroxyl groups is 1. The van der Waals surface area contributed by atoms with Crippen LogP contribution in [-0.2, 0) is 6.42 Å². The van der Waals surface area contributed by atoms with Crippen molar-refractivity contribution in [2.45, 2.75) is 51.9 Å². The molecule has 0 spiro atoms. The summed E-state index contributed by atoms with van der Waals surface area (Å²) in [5.41, 5.74) is 0.995. The van der Waals surface area contributed by atoms with Crippen LogP contribution in [0.3, 0.4) is 0 Å². The van der Waals surface area contributed by atoms with Crippen LogP contribution in [0.25, 0.3) is 0 Å². The lowest BCUT2D eigenvalue weighted by Gasteiger charge is -2.26. The molecule has 1 fully saturated rings. The smallest absolute Gasteiger partial charge is 0.165 e. The number of hydrogen-bond donors (Lipinski definition) is 1. The SMILES string of the molecule is CC1CCC(CCCc2ccc(O)c(F)c2)CC1. The Kier molecular flexibility index (Phi) is 4.62. The highest BCUT2D eigenvalue weighted by Crippen LogP contribution is 2.31. The zero-order valence-electron chi connectivity index (χ0n) is 11.2. The molecule has 100 valence electrons. The number of phenolic OH excluding ortho intramolecular Hbond substituents is 1. The minimum absolute atomic E-state index is 0.250. The van der Waals surface area contributed by atoms with Crippen molar-refractivity contribution in [3.63, 3.8) is 0 Å². The van der Waals surface area contributed by atoms with Crippen LogP contribution in [0.4, 0.5) is 4.39 Å². The van der Waals surface area contributed by atoms with Gasteiger partial charge in [0.1, 0.15) is 0 Å². The summed E-state index contributed by atoms with van der Waals surface area (Å²) in [4.78, 5) is 0.